The molecular formula is C15H19N3O. The number of hydrogen-bond donors (Lipinski definition) is 1. The van der Waals surface area contributed by atoms with Gasteiger partial charge in [0.15, 0.2) is 0 Å². The van der Waals surface area contributed by atoms with Gasteiger partial charge in [-0.3, -0.25) is 4.79 Å². The molecular weight excluding hydrogens is 238 g/mol. The van der Waals surface area contributed by atoms with Crippen LogP contribution in [0.15, 0.2) is 18.3 Å². The van der Waals surface area contributed by atoms with Gasteiger partial charge in [-0.15, -0.1) is 0 Å². The monoisotopic (exact) mass is 257 g/mol. The fraction of sp³-hybridized carbons (Fsp3) is 0.467. The van der Waals surface area contributed by atoms with Crippen molar-refractivity contribution >= 4 is 5.91 Å². The van der Waals surface area contributed by atoms with Crippen molar-refractivity contribution in [2.24, 2.45) is 11.7 Å². The van der Waals surface area contributed by atoms with Gasteiger partial charge in [-0.05, 0) is 30.9 Å². The van der Waals surface area contributed by atoms with Gasteiger partial charge in [-0.1, -0.05) is 18.8 Å². The van der Waals surface area contributed by atoms with Crippen molar-refractivity contribution in [3.63, 3.8) is 0 Å². The van der Waals surface area contributed by atoms with E-state index >= 15 is 0 Å². The van der Waals surface area contributed by atoms with Crippen LogP contribution >= 0.6 is 0 Å². The van der Waals surface area contributed by atoms with Crippen molar-refractivity contribution in [1.29, 1.82) is 0 Å². The third-order valence-electron chi connectivity index (χ3n) is 3.39. The summed E-state index contributed by atoms with van der Waals surface area (Å²) in [5.74, 6) is 6.39. The lowest BCUT2D eigenvalue weighted by Crippen LogP contribution is -2.38. The number of hydrogen-bond acceptors (Lipinski definition) is 3. The van der Waals surface area contributed by atoms with Gasteiger partial charge >= 0.3 is 0 Å². The molecule has 1 aromatic heterocycles. The van der Waals surface area contributed by atoms with Crippen molar-refractivity contribution in [3.8, 4) is 11.8 Å². The highest BCUT2D eigenvalue weighted by Gasteiger charge is 2.21. The van der Waals surface area contributed by atoms with Crippen LogP contribution in [-0.4, -0.2) is 35.4 Å². The molecule has 4 heteroatoms. The van der Waals surface area contributed by atoms with Crippen LogP contribution in [0.5, 0.6) is 0 Å². The predicted octanol–water partition coefficient (Wildman–Crippen LogP) is 1.26. The van der Waals surface area contributed by atoms with E-state index in [0.717, 1.165) is 31.5 Å². The molecule has 0 aromatic carbocycles. The summed E-state index contributed by atoms with van der Waals surface area (Å²) in [6.45, 7) is 4.21. The number of likely N-dealkylation sites (tertiary alicyclic amines) is 1. The maximum Gasteiger partial charge on any atom is 0.272 e. The van der Waals surface area contributed by atoms with Gasteiger partial charge in [-0.25, -0.2) is 4.98 Å². The molecule has 1 aliphatic rings. The molecule has 19 heavy (non-hydrogen) atoms. The Bertz CT molecular complexity index is 490. The first-order valence-corrected chi connectivity index (χ1v) is 6.65. The maximum atomic E-state index is 12.2. The number of amides is 1. The van der Waals surface area contributed by atoms with Gasteiger partial charge in [0.25, 0.3) is 5.91 Å². The largest absolute Gasteiger partial charge is 0.337 e. The smallest absolute Gasteiger partial charge is 0.272 e. The van der Waals surface area contributed by atoms with Crippen molar-refractivity contribution in [1.82, 2.24) is 9.88 Å². The Kier molecular flexibility index (Phi) is 4.53. The number of nitrogens with two attached hydrogens (primary N) is 1. The van der Waals surface area contributed by atoms with E-state index in [1.807, 2.05) is 11.0 Å². The minimum atomic E-state index is 0.0187. The molecule has 1 amide bonds. The number of rotatable bonds is 1. The third-order valence-corrected chi connectivity index (χ3v) is 3.39. The number of carbonyl (C=O) groups is 1. The summed E-state index contributed by atoms with van der Waals surface area (Å²) in [6.07, 6.45) is 3.78. The summed E-state index contributed by atoms with van der Waals surface area (Å²) >= 11 is 0. The molecule has 0 spiro atoms. The summed E-state index contributed by atoms with van der Waals surface area (Å²) in [6, 6.07) is 3.55. The van der Waals surface area contributed by atoms with Crippen LogP contribution < -0.4 is 5.73 Å². The van der Waals surface area contributed by atoms with Crippen LogP contribution in [0.4, 0.5) is 0 Å². The molecule has 2 N–H and O–H groups in total. The molecule has 4 nitrogen and oxygen atoms in total. The highest BCUT2D eigenvalue weighted by molar-refractivity contribution is 5.92. The summed E-state index contributed by atoms with van der Waals surface area (Å²) < 4.78 is 0. The first kappa shape index (κ1) is 13.6. The molecule has 2 heterocycles. The van der Waals surface area contributed by atoms with E-state index in [-0.39, 0.29) is 5.91 Å². The molecule has 1 fully saturated rings. The first-order valence-electron chi connectivity index (χ1n) is 6.65. The van der Waals surface area contributed by atoms with Crippen LogP contribution in [0.1, 0.15) is 35.8 Å². The molecule has 1 saturated heterocycles. The molecule has 0 bridgehead atoms. The van der Waals surface area contributed by atoms with Crippen LogP contribution in [0.2, 0.25) is 0 Å². The van der Waals surface area contributed by atoms with E-state index in [1.165, 1.54) is 0 Å². The van der Waals surface area contributed by atoms with E-state index in [0.29, 0.717) is 18.2 Å². The summed E-state index contributed by atoms with van der Waals surface area (Å²) in [5.41, 5.74) is 6.59. The normalized spacial score (nSPS) is 15.8. The number of carbonyl (C=O) groups excluding carboxylic acids is 1. The van der Waals surface area contributed by atoms with Crippen molar-refractivity contribution in [2.45, 2.75) is 19.8 Å². The van der Waals surface area contributed by atoms with Gasteiger partial charge < -0.3 is 10.6 Å². The van der Waals surface area contributed by atoms with Gasteiger partial charge in [0.1, 0.15) is 5.69 Å². The zero-order chi connectivity index (χ0) is 13.7. The highest BCUT2D eigenvalue weighted by atomic mass is 16.2. The van der Waals surface area contributed by atoms with E-state index in [2.05, 4.69) is 23.7 Å². The second-order valence-electron chi connectivity index (χ2n) is 4.91. The Hall–Kier alpha value is -1.86. The van der Waals surface area contributed by atoms with Crippen LogP contribution in [-0.2, 0) is 0 Å². The molecule has 0 radical (unpaired) electrons. The Morgan fingerprint density at radius 3 is 2.79 bits per heavy atom. The number of piperidine rings is 1. The van der Waals surface area contributed by atoms with Crippen molar-refractivity contribution in [2.75, 3.05) is 19.6 Å². The lowest BCUT2D eigenvalue weighted by Gasteiger charge is -2.29. The number of nitrogens with zero attached hydrogens (tertiary/aromatic N) is 2. The second kappa shape index (κ2) is 6.35. The third kappa shape index (κ3) is 3.55. The maximum absolute atomic E-state index is 12.2. The Morgan fingerprint density at radius 1 is 1.47 bits per heavy atom. The summed E-state index contributed by atoms with van der Waals surface area (Å²) in [5, 5.41) is 0. The Morgan fingerprint density at radius 2 is 2.21 bits per heavy atom. The van der Waals surface area contributed by atoms with E-state index < -0.39 is 0 Å². The Balaban J connectivity index is 2.03. The minimum absolute atomic E-state index is 0.0187. The molecule has 0 atom stereocenters. The highest BCUT2D eigenvalue weighted by Crippen LogP contribution is 2.17. The molecule has 0 aliphatic carbocycles. The van der Waals surface area contributed by atoms with Crippen molar-refractivity contribution < 1.29 is 4.79 Å². The SMILES string of the molecule is CC1CCN(C(=O)c2ccc(C#CCN)cn2)CC1. The minimum Gasteiger partial charge on any atom is -0.337 e. The van der Waals surface area contributed by atoms with Crippen LogP contribution in [0, 0.1) is 17.8 Å². The predicted molar refractivity (Wildman–Crippen MR) is 74.5 cm³/mol. The Labute approximate surface area is 114 Å². The molecule has 100 valence electrons. The number of aromatic nitrogens is 1. The zero-order valence-corrected chi connectivity index (χ0v) is 11.2. The topological polar surface area (TPSA) is 59.2 Å². The van der Waals surface area contributed by atoms with Crippen LogP contribution in [0.25, 0.3) is 0 Å². The molecule has 1 aliphatic heterocycles. The van der Waals surface area contributed by atoms with Crippen molar-refractivity contribution in [3.05, 3.63) is 29.6 Å². The molecule has 0 unspecified atom stereocenters. The molecule has 1 aromatic rings. The lowest BCUT2D eigenvalue weighted by molar-refractivity contribution is 0.0691. The fourth-order valence-corrected chi connectivity index (χ4v) is 2.12. The van der Waals surface area contributed by atoms with Gasteiger partial charge in [-0.2, -0.15) is 0 Å². The number of pyridine rings is 1. The van der Waals surface area contributed by atoms with E-state index in [9.17, 15) is 4.79 Å². The summed E-state index contributed by atoms with van der Waals surface area (Å²) in [4.78, 5) is 18.3. The average Bonchev–Trinajstić information content (AvgIpc) is 2.46. The zero-order valence-electron chi connectivity index (χ0n) is 11.2. The standard InChI is InChI=1S/C15H19N3O/c1-12-6-9-18(10-7-12)15(19)14-5-4-13(11-17-14)3-2-8-16/h4-5,11-12H,6-10,16H2,1H3. The fourth-order valence-electron chi connectivity index (χ4n) is 2.12. The molecule has 0 saturated carbocycles. The van der Waals surface area contributed by atoms with E-state index in [4.69, 9.17) is 5.73 Å². The molecule has 2 rings (SSSR count). The van der Waals surface area contributed by atoms with Gasteiger partial charge in [0.05, 0.1) is 6.54 Å². The second-order valence-corrected chi connectivity index (χ2v) is 4.91. The van der Waals surface area contributed by atoms with E-state index in [1.54, 1.807) is 12.3 Å². The summed E-state index contributed by atoms with van der Waals surface area (Å²) in [7, 11) is 0. The quantitative estimate of drug-likeness (QED) is 0.771. The first-order chi connectivity index (χ1) is 9.20. The van der Waals surface area contributed by atoms with Gasteiger partial charge in [0, 0.05) is 24.8 Å². The van der Waals surface area contributed by atoms with Gasteiger partial charge in [0.2, 0.25) is 0 Å². The lowest BCUT2D eigenvalue weighted by atomic mass is 9.99. The average molecular weight is 257 g/mol. The van der Waals surface area contributed by atoms with Crippen LogP contribution in [0.3, 0.4) is 0 Å².